The van der Waals surface area contributed by atoms with E-state index in [1.54, 1.807) is 24.3 Å². The normalized spacial score (nSPS) is 15.6. The number of hydrogen-bond donors (Lipinski definition) is 1. The van der Waals surface area contributed by atoms with Gasteiger partial charge < -0.3 is 15.0 Å². The van der Waals surface area contributed by atoms with Crippen LogP contribution in [0.2, 0.25) is 0 Å². The molecule has 1 heterocycles. The summed E-state index contributed by atoms with van der Waals surface area (Å²) in [5.74, 6) is -1.75. The molecule has 0 aliphatic carbocycles. The number of amides is 1. The molecule has 0 saturated carbocycles. The van der Waals surface area contributed by atoms with Crippen molar-refractivity contribution in [2.24, 2.45) is 0 Å². The van der Waals surface area contributed by atoms with Gasteiger partial charge in [0.05, 0.1) is 5.75 Å². The number of rotatable bonds is 8. The molecular formula is C22H26F2N2O4S. The van der Waals surface area contributed by atoms with Crippen molar-refractivity contribution in [3.05, 3.63) is 65.2 Å². The molecule has 6 nitrogen and oxygen atoms in total. The third-order valence-corrected chi connectivity index (χ3v) is 5.94. The second-order valence-electron chi connectivity index (χ2n) is 7.76. The molecule has 0 aromatic heterocycles. The maximum absolute atomic E-state index is 13.3. The van der Waals surface area contributed by atoms with Crippen molar-refractivity contribution in [1.82, 2.24) is 10.2 Å². The Bertz CT molecular complexity index is 1000. The van der Waals surface area contributed by atoms with E-state index >= 15 is 0 Å². The van der Waals surface area contributed by atoms with Crippen molar-refractivity contribution in [3.8, 4) is 5.75 Å². The zero-order valence-electron chi connectivity index (χ0n) is 17.3. The molecule has 2 aromatic rings. The van der Waals surface area contributed by atoms with Gasteiger partial charge >= 0.3 is 0 Å². The van der Waals surface area contributed by atoms with E-state index in [-0.39, 0.29) is 17.8 Å². The highest BCUT2D eigenvalue weighted by molar-refractivity contribution is 7.89. The molecule has 1 fully saturated rings. The third-order valence-electron chi connectivity index (χ3n) is 5.09. The predicted molar refractivity (Wildman–Crippen MR) is 114 cm³/mol. The number of hydrogen-bond acceptors (Lipinski definition) is 5. The monoisotopic (exact) mass is 452 g/mol. The van der Waals surface area contributed by atoms with E-state index in [9.17, 15) is 22.0 Å². The van der Waals surface area contributed by atoms with Crippen LogP contribution in [0.3, 0.4) is 0 Å². The minimum atomic E-state index is -3.11. The zero-order chi connectivity index (χ0) is 22.4. The summed E-state index contributed by atoms with van der Waals surface area (Å²) in [6.07, 6.45) is 2.63. The van der Waals surface area contributed by atoms with E-state index in [4.69, 9.17) is 4.74 Å². The van der Waals surface area contributed by atoms with E-state index in [0.717, 1.165) is 38.1 Å². The van der Waals surface area contributed by atoms with Crippen molar-refractivity contribution in [3.63, 3.8) is 0 Å². The fraction of sp³-hybridized carbons (Fsp3) is 0.409. The predicted octanol–water partition coefficient (Wildman–Crippen LogP) is 2.78. The first-order valence-corrected chi connectivity index (χ1v) is 12.1. The molecule has 1 aliphatic heterocycles. The topological polar surface area (TPSA) is 75.7 Å². The number of carbonyl (C=O) groups excluding carboxylic acids is 1. The van der Waals surface area contributed by atoms with E-state index in [1.807, 2.05) is 0 Å². The molecule has 2 aromatic carbocycles. The van der Waals surface area contributed by atoms with E-state index in [1.165, 1.54) is 12.3 Å². The van der Waals surface area contributed by atoms with Crippen LogP contribution in [0.1, 0.15) is 28.8 Å². The molecule has 0 unspecified atom stereocenters. The number of halogens is 2. The van der Waals surface area contributed by atoms with Crippen LogP contribution < -0.4 is 10.1 Å². The van der Waals surface area contributed by atoms with Gasteiger partial charge in [0, 0.05) is 44.1 Å². The summed E-state index contributed by atoms with van der Waals surface area (Å²) in [5.41, 5.74) is 1.13. The molecule has 0 bridgehead atoms. The molecule has 31 heavy (non-hydrogen) atoms. The van der Waals surface area contributed by atoms with E-state index in [0.29, 0.717) is 30.0 Å². The van der Waals surface area contributed by atoms with Crippen molar-refractivity contribution in [2.45, 2.75) is 24.7 Å². The summed E-state index contributed by atoms with van der Waals surface area (Å²) in [7, 11) is -3.11. The minimum Gasteiger partial charge on any atom is -0.490 e. The quantitative estimate of drug-likeness (QED) is 0.667. The zero-order valence-corrected chi connectivity index (χ0v) is 18.1. The van der Waals surface area contributed by atoms with Crippen LogP contribution in [-0.4, -0.2) is 57.8 Å². The minimum absolute atomic E-state index is 0.0509. The number of piperidine rings is 1. The number of sulfone groups is 1. The fourth-order valence-corrected chi connectivity index (χ4v) is 4.28. The Labute approximate surface area is 181 Å². The number of nitrogens with zero attached hydrogens (tertiary/aromatic N) is 1. The standard InChI is InChI=1S/C22H26F2N2O4S/c1-31(28,29)15-16-2-4-17(5-3-16)22(27)25-10-13-26-11-8-18(9-12-26)30-19-6-7-20(23)21(24)14-19/h2-7,14,18H,8-13,15H2,1H3,(H,25,27). The lowest BCUT2D eigenvalue weighted by molar-refractivity contribution is 0.0904. The number of benzene rings is 2. The largest absolute Gasteiger partial charge is 0.490 e. The van der Waals surface area contributed by atoms with E-state index in [2.05, 4.69) is 10.2 Å². The second-order valence-corrected chi connectivity index (χ2v) is 9.90. The van der Waals surface area contributed by atoms with Crippen molar-refractivity contribution < 1.29 is 26.7 Å². The number of likely N-dealkylation sites (tertiary alicyclic amines) is 1. The first-order chi connectivity index (χ1) is 14.7. The van der Waals surface area contributed by atoms with Gasteiger partial charge in [-0.05, 0) is 42.7 Å². The molecular weight excluding hydrogens is 426 g/mol. The van der Waals surface area contributed by atoms with Gasteiger partial charge in [0.25, 0.3) is 5.91 Å². The summed E-state index contributed by atoms with van der Waals surface area (Å²) in [6.45, 7) is 2.74. The van der Waals surface area contributed by atoms with Crippen molar-refractivity contribution in [2.75, 3.05) is 32.4 Å². The average molecular weight is 453 g/mol. The Kier molecular flexibility index (Phi) is 7.61. The van der Waals surface area contributed by atoms with Gasteiger partial charge in [0.15, 0.2) is 21.5 Å². The summed E-state index contributed by atoms with van der Waals surface area (Å²) in [4.78, 5) is 14.5. The van der Waals surface area contributed by atoms with Gasteiger partial charge in [-0.1, -0.05) is 12.1 Å². The van der Waals surface area contributed by atoms with Crippen LogP contribution in [0, 0.1) is 11.6 Å². The number of carbonyl (C=O) groups is 1. The van der Waals surface area contributed by atoms with Crippen LogP contribution in [0.5, 0.6) is 5.75 Å². The number of nitrogens with one attached hydrogen (secondary N) is 1. The lowest BCUT2D eigenvalue weighted by Gasteiger charge is -2.32. The Morgan fingerprint density at radius 2 is 1.77 bits per heavy atom. The third kappa shape index (κ3) is 7.29. The SMILES string of the molecule is CS(=O)(=O)Cc1ccc(C(=O)NCCN2CCC(Oc3ccc(F)c(F)c3)CC2)cc1. The molecule has 9 heteroatoms. The van der Waals surface area contributed by atoms with E-state index < -0.39 is 21.5 Å². The molecule has 0 spiro atoms. The summed E-state index contributed by atoms with van der Waals surface area (Å²) >= 11 is 0. The van der Waals surface area contributed by atoms with Gasteiger partial charge in [-0.2, -0.15) is 0 Å². The highest BCUT2D eigenvalue weighted by Crippen LogP contribution is 2.21. The highest BCUT2D eigenvalue weighted by atomic mass is 32.2. The maximum atomic E-state index is 13.3. The molecule has 1 N–H and O–H groups in total. The number of ether oxygens (including phenoxy) is 1. The Balaban J connectivity index is 1.37. The average Bonchev–Trinajstić information content (AvgIpc) is 2.71. The first kappa shape index (κ1) is 23.1. The fourth-order valence-electron chi connectivity index (χ4n) is 3.48. The Hall–Kier alpha value is -2.52. The van der Waals surface area contributed by atoms with Gasteiger partial charge in [0.1, 0.15) is 11.9 Å². The van der Waals surface area contributed by atoms with Gasteiger partial charge in [-0.3, -0.25) is 4.79 Å². The highest BCUT2D eigenvalue weighted by Gasteiger charge is 2.21. The molecule has 168 valence electrons. The van der Waals surface area contributed by atoms with Crippen molar-refractivity contribution in [1.29, 1.82) is 0 Å². The second kappa shape index (κ2) is 10.2. The maximum Gasteiger partial charge on any atom is 0.251 e. The lowest BCUT2D eigenvalue weighted by atomic mass is 10.1. The van der Waals surface area contributed by atoms with Crippen LogP contribution in [0.25, 0.3) is 0 Å². The van der Waals surface area contributed by atoms with Gasteiger partial charge in [0.2, 0.25) is 0 Å². The molecule has 1 amide bonds. The first-order valence-electron chi connectivity index (χ1n) is 10.1. The molecule has 3 rings (SSSR count). The van der Waals surface area contributed by atoms with Crippen LogP contribution in [-0.2, 0) is 15.6 Å². The smallest absolute Gasteiger partial charge is 0.251 e. The molecule has 0 atom stereocenters. The van der Waals surface area contributed by atoms with Crippen LogP contribution >= 0.6 is 0 Å². The van der Waals surface area contributed by atoms with Gasteiger partial charge in [-0.25, -0.2) is 17.2 Å². The lowest BCUT2D eigenvalue weighted by Crippen LogP contribution is -2.42. The Morgan fingerprint density at radius 3 is 2.39 bits per heavy atom. The molecule has 0 radical (unpaired) electrons. The summed E-state index contributed by atoms with van der Waals surface area (Å²) in [6, 6.07) is 10.1. The summed E-state index contributed by atoms with van der Waals surface area (Å²) in [5, 5.41) is 2.87. The molecule has 1 saturated heterocycles. The Morgan fingerprint density at radius 1 is 1.10 bits per heavy atom. The van der Waals surface area contributed by atoms with Crippen molar-refractivity contribution >= 4 is 15.7 Å². The van der Waals surface area contributed by atoms with Crippen LogP contribution in [0.4, 0.5) is 8.78 Å². The van der Waals surface area contributed by atoms with Gasteiger partial charge in [-0.15, -0.1) is 0 Å². The summed E-state index contributed by atoms with van der Waals surface area (Å²) < 4.78 is 54.7. The molecule has 1 aliphatic rings. The van der Waals surface area contributed by atoms with Crippen LogP contribution in [0.15, 0.2) is 42.5 Å².